The molecule has 5 heteroatoms. The maximum Gasteiger partial charge on any atom is 0.318 e. The van der Waals surface area contributed by atoms with Crippen molar-refractivity contribution in [1.82, 2.24) is 9.97 Å². The summed E-state index contributed by atoms with van der Waals surface area (Å²) >= 11 is 0. The molecule has 2 rings (SSSR count). The lowest BCUT2D eigenvalue weighted by molar-refractivity contribution is 0.164. The predicted molar refractivity (Wildman–Crippen MR) is 65.4 cm³/mol. The van der Waals surface area contributed by atoms with E-state index in [1.54, 1.807) is 7.11 Å². The molecule has 1 aliphatic rings. The largest absolute Gasteiger partial charge is 0.467 e. The van der Waals surface area contributed by atoms with Crippen LogP contribution in [0.3, 0.4) is 0 Å². The fraction of sp³-hybridized carbons (Fsp3) is 0.667. The molecular formula is C12H19N3O2. The van der Waals surface area contributed by atoms with E-state index in [4.69, 9.17) is 9.47 Å². The van der Waals surface area contributed by atoms with Crippen LogP contribution in [-0.4, -0.2) is 36.8 Å². The highest BCUT2D eigenvalue weighted by Crippen LogP contribution is 2.27. The summed E-state index contributed by atoms with van der Waals surface area (Å²) in [4.78, 5) is 8.41. The predicted octanol–water partition coefficient (Wildman–Crippen LogP) is 1.63. The van der Waals surface area contributed by atoms with E-state index in [9.17, 15) is 0 Å². The first-order valence-corrected chi connectivity index (χ1v) is 5.83. The normalized spacial score (nSPS) is 23.7. The zero-order valence-electron chi connectivity index (χ0n) is 10.6. The Bertz CT molecular complexity index is 389. The Morgan fingerprint density at radius 3 is 3.00 bits per heavy atom. The first kappa shape index (κ1) is 12.1. The van der Waals surface area contributed by atoms with Crippen LogP contribution in [0.2, 0.25) is 0 Å². The molecule has 0 amide bonds. The van der Waals surface area contributed by atoms with Crippen LogP contribution in [0.4, 0.5) is 5.82 Å². The lowest BCUT2D eigenvalue weighted by Gasteiger charge is -2.22. The molecule has 0 bridgehead atoms. The first-order valence-electron chi connectivity index (χ1n) is 5.83. The Morgan fingerprint density at radius 2 is 2.35 bits per heavy atom. The maximum absolute atomic E-state index is 5.42. The highest BCUT2D eigenvalue weighted by molar-refractivity contribution is 5.37. The third-order valence-corrected chi connectivity index (χ3v) is 3.01. The quantitative estimate of drug-likeness (QED) is 0.862. The lowest BCUT2D eigenvalue weighted by Crippen LogP contribution is -2.27. The van der Waals surface area contributed by atoms with E-state index in [1.807, 2.05) is 13.0 Å². The molecular weight excluding hydrogens is 218 g/mol. The van der Waals surface area contributed by atoms with Gasteiger partial charge in [0, 0.05) is 30.3 Å². The minimum Gasteiger partial charge on any atom is -0.467 e. The molecule has 1 unspecified atom stereocenters. The van der Waals surface area contributed by atoms with Gasteiger partial charge in [-0.05, 0) is 13.3 Å². The molecule has 94 valence electrons. The van der Waals surface area contributed by atoms with Gasteiger partial charge in [-0.15, -0.1) is 0 Å². The van der Waals surface area contributed by atoms with Crippen LogP contribution in [0.5, 0.6) is 6.01 Å². The van der Waals surface area contributed by atoms with Crippen molar-refractivity contribution in [1.29, 1.82) is 0 Å². The molecule has 1 saturated heterocycles. The number of hydrogen-bond acceptors (Lipinski definition) is 5. The number of hydrogen-bond donors (Lipinski definition) is 1. The average molecular weight is 237 g/mol. The monoisotopic (exact) mass is 237 g/mol. The van der Waals surface area contributed by atoms with E-state index < -0.39 is 0 Å². The number of ether oxygens (including phenoxy) is 2. The third kappa shape index (κ3) is 3.06. The van der Waals surface area contributed by atoms with Crippen LogP contribution in [-0.2, 0) is 4.74 Å². The zero-order chi connectivity index (χ0) is 12.3. The summed E-state index contributed by atoms with van der Waals surface area (Å²) in [5.74, 6) is 0.808. The second-order valence-electron chi connectivity index (χ2n) is 4.85. The van der Waals surface area contributed by atoms with Crippen LogP contribution in [0.1, 0.15) is 19.0 Å². The van der Waals surface area contributed by atoms with Crippen molar-refractivity contribution < 1.29 is 9.47 Å². The second-order valence-corrected chi connectivity index (χ2v) is 4.85. The van der Waals surface area contributed by atoms with Crippen molar-refractivity contribution in [3.8, 4) is 6.01 Å². The summed E-state index contributed by atoms with van der Waals surface area (Å²) in [5.41, 5.74) is 1.10. The van der Waals surface area contributed by atoms with Gasteiger partial charge in [-0.25, -0.2) is 4.98 Å². The molecule has 0 aliphatic carbocycles. The standard InChI is InChI=1S/C12H19N3O2/c1-9-6-10(15-11(14-9)16-3)13-7-12(2)4-5-17-8-12/h6H,4-5,7-8H2,1-3H3,(H,13,14,15). The van der Waals surface area contributed by atoms with Gasteiger partial charge in [0.2, 0.25) is 0 Å². The molecule has 0 spiro atoms. The molecule has 1 fully saturated rings. The number of methoxy groups -OCH3 is 1. The highest BCUT2D eigenvalue weighted by atomic mass is 16.5. The van der Waals surface area contributed by atoms with Gasteiger partial charge in [0.1, 0.15) is 5.82 Å². The van der Waals surface area contributed by atoms with Crippen molar-refractivity contribution in [2.75, 3.05) is 32.2 Å². The Balaban J connectivity index is 2.00. The number of rotatable bonds is 4. The number of anilines is 1. The number of aromatic nitrogens is 2. The van der Waals surface area contributed by atoms with Gasteiger partial charge >= 0.3 is 6.01 Å². The second kappa shape index (κ2) is 4.87. The molecule has 17 heavy (non-hydrogen) atoms. The van der Waals surface area contributed by atoms with Gasteiger partial charge in [-0.3, -0.25) is 0 Å². The molecule has 5 nitrogen and oxygen atoms in total. The summed E-state index contributed by atoms with van der Waals surface area (Å²) in [5, 5.41) is 3.33. The number of nitrogens with zero attached hydrogens (tertiary/aromatic N) is 2. The summed E-state index contributed by atoms with van der Waals surface area (Å²) < 4.78 is 10.5. The van der Waals surface area contributed by atoms with Crippen LogP contribution in [0.15, 0.2) is 6.07 Å². The maximum atomic E-state index is 5.42. The van der Waals surface area contributed by atoms with E-state index in [2.05, 4.69) is 22.2 Å². The van der Waals surface area contributed by atoms with Crippen molar-refractivity contribution in [3.05, 3.63) is 11.8 Å². The zero-order valence-corrected chi connectivity index (χ0v) is 10.6. The highest BCUT2D eigenvalue weighted by Gasteiger charge is 2.29. The van der Waals surface area contributed by atoms with Crippen LogP contribution in [0.25, 0.3) is 0 Å². The number of aryl methyl sites for hydroxylation is 1. The lowest BCUT2D eigenvalue weighted by atomic mass is 9.90. The molecule has 1 aliphatic heterocycles. The van der Waals surface area contributed by atoms with Crippen molar-refractivity contribution >= 4 is 5.82 Å². The summed E-state index contributed by atoms with van der Waals surface area (Å²) in [6.45, 7) is 6.66. The van der Waals surface area contributed by atoms with Crippen molar-refractivity contribution in [2.24, 2.45) is 5.41 Å². The molecule has 0 aromatic carbocycles. The summed E-state index contributed by atoms with van der Waals surface area (Å²) in [6, 6.07) is 2.32. The van der Waals surface area contributed by atoms with Crippen molar-refractivity contribution in [2.45, 2.75) is 20.3 Å². The molecule has 0 saturated carbocycles. The van der Waals surface area contributed by atoms with Crippen LogP contribution >= 0.6 is 0 Å². The van der Waals surface area contributed by atoms with Gasteiger partial charge < -0.3 is 14.8 Å². The molecule has 1 N–H and O–H groups in total. The minimum atomic E-state index is 0.200. The molecule has 1 aromatic heterocycles. The van der Waals surface area contributed by atoms with E-state index in [1.165, 1.54) is 0 Å². The van der Waals surface area contributed by atoms with Gasteiger partial charge in [-0.2, -0.15) is 4.98 Å². The third-order valence-electron chi connectivity index (χ3n) is 3.01. The van der Waals surface area contributed by atoms with E-state index >= 15 is 0 Å². The van der Waals surface area contributed by atoms with Gasteiger partial charge in [-0.1, -0.05) is 6.92 Å². The first-order chi connectivity index (χ1) is 8.11. The Hall–Kier alpha value is -1.36. The Labute approximate surface area is 102 Å². The molecule has 1 aromatic rings. The average Bonchev–Trinajstić information content (AvgIpc) is 2.73. The SMILES string of the molecule is COc1nc(C)cc(NCC2(C)CCOC2)n1. The number of nitrogens with one attached hydrogen (secondary N) is 1. The van der Waals surface area contributed by atoms with Crippen molar-refractivity contribution in [3.63, 3.8) is 0 Å². The fourth-order valence-corrected chi connectivity index (χ4v) is 1.88. The minimum absolute atomic E-state index is 0.200. The molecule has 1 atom stereocenters. The van der Waals surface area contributed by atoms with Gasteiger partial charge in [0.05, 0.1) is 13.7 Å². The summed E-state index contributed by atoms with van der Waals surface area (Å²) in [7, 11) is 1.57. The molecule has 2 heterocycles. The van der Waals surface area contributed by atoms with Crippen LogP contribution in [0, 0.1) is 12.3 Å². The topological polar surface area (TPSA) is 56.3 Å². The summed E-state index contributed by atoms with van der Waals surface area (Å²) in [6.07, 6.45) is 1.08. The van der Waals surface area contributed by atoms with Crippen LogP contribution < -0.4 is 10.1 Å². The van der Waals surface area contributed by atoms with Gasteiger partial charge in [0.15, 0.2) is 0 Å². The fourth-order valence-electron chi connectivity index (χ4n) is 1.88. The molecule has 0 radical (unpaired) electrons. The van der Waals surface area contributed by atoms with E-state index in [-0.39, 0.29) is 5.41 Å². The van der Waals surface area contributed by atoms with E-state index in [0.29, 0.717) is 6.01 Å². The van der Waals surface area contributed by atoms with Gasteiger partial charge in [0.25, 0.3) is 0 Å². The van der Waals surface area contributed by atoms with E-state index in [0.717, 1.165) is 37.7 Å². The Kier molecular flexibility index (Phi) is 3.47. The smallest absolute Gasteiger partial charge is 0.318 e. The Morgan fingerprint density at radius 1 is 1.53 bits per heavy atom.